The lowest BCUT2D eigenvalue weighted by atomic mass is 10.0. The molecule has 3 aromatic rings. The Labute approximate surface area is 202 Å². The summed E-state index contributed by atoms with van der Waals surface area (Å²) in [5, 5.41) is 24.1. The molecule has 1 atom stereocenters. The first-order valence-electron chi connectivity index (χ1n) is 10.5. The van der Waals surface area contributed by atoms with E-state index in [1.807, 2.05) is 6.92 Å². The van der Waals surface area contributed by atoms with Gasteiger partial charge in [0.2, 0.25) is 0 Å². The average Bonchev–Trinajstić information content (AvgIpc) is 2.77. The van der Waals surface area contributed by atoms with Crippen LogP contribution in [0.25, 0.3) is 0 Å². The number of pyridine rings is 1. The molecule has 12 heteroatoms. The Bertz CT molecular complexity index is 1310. The highest BCUT2D eigenvalue weighted by Crippen LogP contribution is 2.24. The predicted molar refractivity (Wildman–Crippen MR) is 123 cm³/mol. The number of carbonyl (C=O) groups is 2. The first-order valence-corrected chi connectivity index (χ1v) is 10.5. The SMILES string of the molecule is Cc1ccc([C@H](CC(=O)O)NC(=O)Nc2c(O)ccn(Cc3cccc(OC(F)(F)F)c3)c2=O)cc1. The van der Waals surface area contributed by atoms with Gasteiger partial charge in [0.05, 0.1) is 19.0 Å². The number of aromatic nitrogens is 1. The second kappa shape index (κ2) is 10.8. The number of urea groups is 1. The molecule has 1 heterocycles. The van der Waals surface area contributed by atoms with Crippen molar-refractivity contribution in [1.82, 2.24) is 9.88 Å². The molecule has 4 N–H and O–H groups in total. The number of aliphatic carboxylic acids is 1. The Morgan fingerprint density at radius 2 is 1.81 bits per heavy atom. The van der Waals surface area contributed by atoms with Crippen LogP contribution >= 0.6 is 0 Å². The van der Waals surface area contributed by atoms with Crippen LogP contribution < -0.4 is 20.9 Å². The largest absolute Gasteiger partial charge is 0.573 e. The van der Waals surface area contributed by atoms with Crippen LogP contribution in [-0.2, 0) is 11.3 Å². The maximum atomic E-state index is 12.9. The van der Waals surface area contributed by atoms with Gasteiger partial charge in [0.1, 0.15) is 11.5 Å². The molecule has 0 saturated heterocycles. The number of ether oxygens (including phenoxy) is 1. The van der Waals surface area contributed by atoms with Gasteiger partial charge in [-0.3, -0.25) is 9.59 Å². The number of hydrogen-bond donors (Lipinski definition) is 4. The lowest BCUT2D eigenvalue weighted by Gasteiger charge is -2.18. The zero-order valence-corrected chi connectivity index (χ0v) is 18.9. The van der Waals surface area contributed by atoms with E-state index in [-0.39, 0.29) is 6.54 Å². The zero-order valence-electron chi connectivity index (χ0n) is 18.9. The number of carboxylic acid groups (broad SMARTS) is 1. The van der Waals surface area contributed by atoms with E-state index in [0.29, 0.717) is 11.1 Å². The van der Waals surface area contributed by atoms with Gasteiger partial charge < -0.3 is 30.2 Å². The van der Waals surface area contributed by atoms with E-state index < -0.39 is 53.6 Å². The molecule has 0 fully saturated rings. The van der Waals surface area contributed by atoms with E-state index in [0.717, 1.165) is 28.3 Å². The summed E-state index contributed by atoms with van der Waals surface area (Å²) in [7, 11) is 0. The summed E-state index contributed by atoms with van der Waals surface area (Å²) in [4.78, 5) is 36.7. The van der Waals surface area contributed by atoms with Crippen LogP contribution in [0.4, 0.5) is 23.7 Å². The molecule has 9 nitrogen and oxygen atoms in total. The molecule has 0 spiro atoms. The number of rotatable bonds is 8. The number of halogens is 3. The molecular weight excluding hydrogens is 483 g/mol. The number of aromatic hydroxyl groups is 1. The summed E-state index contributed by atoms with van der Waals surface area (Å²) < 4.78 is 42.4. The fourth-order valence-electron chi connectivity index (χ4n) is 3.38. The van der Waals surface area contributed by atoms with Crippen molar-refractivity contribution in [2.45, 2.75) is 32.3 Å². The van der Waals surface area contributed by atoms with Gasteiger partial charge in [0.15, 0.2) is 5.69 Å². The van der Waals surface area contributed by atoms with E-state index in [1.165, 1.54) is 18.3 Å². The standard InChI is InChI=1S/C24H22F3N3O6/c1-14-5-7-16(8-6-14)18(12-20(32)33)28-23(35)29-21-19(31)9-10-30(22(21)34)13-15-3-2-4-17(11-15)36-24(25,26)27/h2-11,18,31H,12-13H2,1H3,(H,32,33)(H2,28,29,35)/t18-/m0/s1. The zero-order chi connectivity index (χ0) is 26.5. The molecule has 0 radical (unpaired) electrons. The number of aryl methyl sites for hydroxylation is 1. The highest BCUT2D eigenvalue weighted by atomic mass is 19.4. The molecule has 36 heavy (non-hydrogen) atoms. The number of nitrogens with one attached hydrogen (secondary N) is 2. The molecule has 0 saturated carbocycles. The highest BCUT2D eigenvalue weighted by molar-refractivity contribution is 5.91. The average molecular weight is 505 g/mol. The van der Waals surface area contributed by atoms with E-state index in [9.17, 15) is 37.8 Å². The van der Waals surface area contributed by atoms with Crippen LogP contribution in [0.5, 0.6) is 11.5 Å². The number of amides is 2. The first kappa shape index (κ1) is 26.1. The summed E-state index contributed by atoms with van der Waals surface area (Å²) in [6.45, 7) is 1.66. The maximum absolute atomic E-state index is 12.9. The number of carboxylic acids is 1. The van der Waals surface area contributed by atoms with Crippen molar-refractivity contribution in [2.24, 2.45) is 0 Å². The molecule has 0 bridgehead atoms. The summed E-state index contributed by atoms with van der Waals surface area (Å²) in [6, 6.07) is 11.1. The van der Waals surface area contributed by atoms with Gasteiger partial charge in [-0.05, 0) is 36.2 Å². The summed E-state index contributed by atoms with van der Waals surface area (Å²) in [5.41, 5.74) is 0.422. The minimum Gasteiger partial charge on any atom is -0.505 e. The third kappa shape index (κ3) is 7.26. The molecule has 0 aliphatic carbocycles. The number of alkyl halides is 3. The van der Waals surface area contributed by atoms with Crippen molar-refractivity contribution in [2.75, 3.05) is 5.32 Å². The maximum Gasteiger partial charge on any atom is 0.573 e. The van der Waals surface area contributed by atoms with E-state index in [2.05, 4.69) is 15.4 Å². The Kier molecular flexibility index (Phi) is 7.87. The highest BCUT2D eigenvalue weighted by Gasteiger charge is 2.31. The van der Waals surface area contributed by atoms with Crippen LogP contribution in [0.1, 0.15) is 29.2 Å². The molecule has 190 valence electrons. The lowest BCUT2D eigenvalue weighted by molar-refractivity contribution is -0.274. The van der Waals surface area contributed by atoms with Crippen LogP contribution in [0.3, 0.4) is 0 Å². The molecule has 0 aliphatic rings. The van der Waals surface area contributed by atoms with Gasteiger partial charge in [-0.25, -0.2) is 4.79 Å². The van der Waals surface area contributed by atoms with Gasteiger partial charge in [-0.15, -0.1) is 13.2 Å². The first-order chi connectivity index (χ1) is 16.9. The van der Waals surface area contributed by atoms with E-state index in [4.69, 9.17) is 0 Å². The monoisotopic (exact) mass is 505 g/mol. The van der Waals surface area contributed by atoms with Crippen molar-refractivity contribution in [1.29, 1.82) is 0 Å². The third-order valence-corrected chi connectivity index (χ3v) is 5.03. The lowest BCUT2D eigenvalue weighted by Crippen LogP contribution is -2.36. The fraction of sp³-hybridized carbons (Fsp3) is 0.208. The van der Waals surface area contributed by atoms with Crippen LogP contribution in [0.2, 0.25) is 0 Å². The Balaban J connectivity index is 1.79. The number of benzene rings is 2. The van der Waals surface area contributed by atoms with Gasteiger partial charge in [0, 0.05) is 6.20 Å². The van der Waals surface area contributed by atoms with Gasteiger partial charge in [-0.1, -0.05) is 42.0 Å². The topological polar surface area (TPSA) is 130 Å². The summed E-state index contributed by atoms with van der Waals surface area (Å²) >= 11 is 0. The van der Waals surface area contributed by atoms with Crippen molar-refractivity contribution < 1.29 is 37.7 Å². The van der Waals surface area contributed by atoms with Crippen molar-refractivity contribution in [3.63, 3.8) is 0 Å². The summed E-state index contributed by atoms with van der Waals surface area (Å²) in [5.74, 6) is -2.18. The minimum atomic E-state index is -4.88. The van der Waals surface area contributed by atoms with Crippen molar-refractivity contribution in [3.8, 4) is 11.5 Å². The van der Waals surface area contributed by atoms with Crippen LogP contribution in [0, 0.1) is 6.92 Å². The second-order valence-corrected chi connectivity index (χ2v) is 7.86. The Hall–Kier alpha value is -4.48. The molecule has 2 aromatic carbocycles. The molecule has 3 rings (SSSR count). The third-order valence-electron chi connectivity index (χ3n) is 5.03. The smallest absolute Gasteiger partial charge is 0.505 e. The number of anilines is 1. The quantitative estimate of drug-likeness (QED) is 0.364. The Morgan fingerprint density at radius 3 is 2.44 bits per heavy atom. The number of carbonyl (C=O) groups excluding carboxylic acids is 1. The molecule has 0 aliphatic heterocycles. The van der Waals surface area contributed by atoms with Crippen molar-refractivity contribution >= 4 is 17.7 Å². The molecule has 1 aromatic heterocycles. The van der Waals surface area contributed by atoms with E-state index in [1.54, 1.807) is 24.3 Å². The Morgan fingerprint density at radius 1 is 1.11 bits per heavy atom. The van der Waals surface area contributed by atoms with Crippen molar-refractivity contribution in [3.05, 3.63) is 87.8 Å². The number of nitrogens with zero attached hydrogens (tertiary/aromatic N) is 1. The van der Waals surface area contributed by atoms with Crippen LogP contribution in [-0.4, -0.2) is 33.1 Å². The minimum absolute atomic E-state index is 0.185. The summed E-state index contributed by atoms with van der Waals surface area (Å²) in [6.07, 6.45) is -4.11. The molecular formula is C24H22F3N3O6. The van der Waals surface area contributed by atoms with Crippen LogP contribution in [0.15, 0.2) is 65.6 Å². The van der Waals surface area contributed by atoms with E-state index >= 15 is 0 Å². The number of hydrogen-bond acceptors (Lipinski definition) is 5. The van der Waals surface area contributed by atoms with Gasteiger partial charge >= 0.3 is 18.4 Å². The predicted octanol–water partition coefficient (Wildman–Crippen LogP) is 4.15. The second-order valence-electron chi connectivity index (χ2n) is 7.86. The molecule has 2 amide bonds. The van der Waals surface area contributed by atoms with Gasteiger partial charge in [0.25, 0.3) is 5.56 Å². The fourth-order valence-corrected chi connectivity index (χ4v) is 3.38. The van der Waals surface area contributed by atoms with Gasteiger partial charge in [-0.2, -0.15) is 0 Å². The molecule has 0 unspecified atom stereocenters. The normalized spacial score (nSPS) is 12.0.